The standard InChI is InChI=1S/C19H17ClF3NO6/c1-27-16(25)8-7-15(18(26)28-2)29-12-3-5-13(6-4-12)30-17-14(20)9-11(10-24-17)19(21,22)23/h3-6,9-10,15H,7-8H2,1-2H3. The molecule has 2 aromatic rings. The lowest BCUT2D eigenvalue weighted by Gasteiger charge is -2.17. The molecular formula is C19H17ClF3NO6. The molecule has 30 heavy (non-hydrogen) atoms. The van der Waals surface area contributed by atoms with Crippen molar-refractivity contribution in [2.45, 2.75) is 25.1 Å². The predicted molar refractivity (Wildman–Crippen MR) is 98.4 cm³/mol. The summed E-state index contributed by atoms with van der Waals surface area (Å²) in [5, 5.41) is -0.307. The monoisotopic (exact) mass is 447 g/mol. The van der Waals surface area contributed by atoms with Gasteiger partial charge < -0.3 is 18.9 Å². The maximum atomic E-state index is 12.7. The highest BCUT2D eigenvalue weighted by Crippen LogP contribution is 2.35. The first-order valence-corrected chi connectivity index (χ1v) is 8.83. The second-order valence-corrected chi connectivity index (χ2v) is 6.23. The van der Waals surface area contributed by atoms with Crippen molar-refractivity contribution in [1.82, 2.24) is 4.98 Å². The van der Waals surface area contributed by atoms with Crippen molar-refractivity contribution in [1.29, 1.82) is 0 Å². The molecule has 0 radical (unpaired) electrons. The number of hydrogen-bond donors (Lipinski definition) is 0. The van der Waals surface area contributed by atoms with E-state index < -0.39 is 29.8 Å². The van der Waals surface area contributed by atoms with Gasteiger partial charge in [-0.25, -0.2) is 9.78 Å². The smallest absolute Gasteiger partial charge is 0.417 e. The largest absolute Gasteiger partial charge is 0.479 e. The third kappa shape index (κ3) is 6.51. The van der Waals surface area contributed by atoms with Crippen LogP contribution in [0.25, 0.3) is 0 Å². The number of pyridine rings is 1. The van der Waals surface area contributed by atoms with Crippen molar-refractivity contribution >= 4 is 23.5 Å². The minimum Gasteiger partial charge on any atom is -0.479 e. The van der Waals surface area contributed by atoms with Crippen molar-refractivity contribution in [3.8, 4) is 17.4 Å². The minimum absolute atomic E-state index is 0.0443. The molecule has 0 fully saturated rings. The Balaban J connectivity index is 2.06. The Morgan fingerprint density at radius 1 is 1.10 bits per heavy atom. The van der Waals surface area contributed by atoms with E-state index in [-0.39, 0.29) is 35.2 Å². The van der Waals surface area contributed by atoms with E-state index in [2.05, 4.69) is 14.5 Å². The summed E-state index contributed by atoms with van der Waals surface area (Å²) in [7, 11) is 2.42. The third-order valence-corrected chi connectivity index (χ3v) is 4.02. The quantitative estimate of drug-likeness (QED) is 0.554. The number of esters is 2. The summed E-state index contributed by atoms with van der Waals surface area (Å²) in [5.41, 5.74) is -0.996. The molecule has 1 aromatic carbocycles. The van der Waals surface area contributed by atoms with Crippen LogP contribution in [0.3, 0.4) is 0 Å². The zero-order chi connectivity index (χ0) is 22.3. The first-order chi connectivity index (χ1) is 14.1. The molecule has 1 atom stereocenters. The summed E-state index contributed by atoms with van der Waals surface area (Å²) in [6, 6.07) is 6.52. The number of aromatic nitrogens is 1. The molecule has 0 aliphatic rings. The highest BCUT2D eigenvalue weighted by molar-refractivity contribution is 6.31. The second kappa shape index (κ2) is 10.1. The van der Waals surface area contributed by atoms with Gasteiger partial charge in [-0.2, -0.15) is 13.2 Å². The maximum absolute atomic E-state index is 12.7. The Hall–Kier alpha value is -3.01. The molecule has 2 rings (SSSR count). The lowest BCUT2D eigenvalue weighted by Crippen LogP contribution is -2.29. The summed E-state index contributed by atoms with van der Waals surface area (Å²) in [6.45, 7) is 0. The summed E-state index contributed by atoms with van der Waals surface area (Å²) in [5.74, 6) is -0.879. The van der Waals surface area contributed by atoms with E-state index in [1.165, 1.54) is 38.5 Å². The molecule has 0 N–H and O–H groups in total. The number of halogens is 4. The Bertz CT molecular complexity index is 889. The molecule has 1 aromatic heterocycles. The topological polar surface area (TPSA) is 84.0 Å². The Kier molecular flexibility index (Phi) is 7.87. The van der Waals surface area contributed by atoms with E-state index in [0.717, 1.165) is 0 Å². The molecule has 7 nitrogen and oxygen atoms in total. The molecule has 0 spiro atoms. The van der Waals surface area contributed by atoms with Crippen molar-refractivity contribution in [2.75, 3.05) is 14.2 Å². The Labute approximate surface area is 174 Å². The summed E-state index contributed by atoms with van der Waals surface area (Å²) < 4.78 is 58.1. The van der Waals surface area contributed by atoms with E-state index in [1.807, 2.05) is 0 Å². The number of ether oxygens (including phenoxy) is 4. The molecule has 0 saturated heterocycles. The van der Waals surface area contributed by atoms with Gasteiger partial charge in [0.15, 0.2) is 6.10 Å². The van der Waals surface area contributed by atoms with Gasteiger partial charge in [0, 0.05) is 19.0 Å². The normalized spacial score (nSPS) is 12.1. The summed E-state index contributed by atoms with van der Waals surface area (Å²) in [6.07, 6.45) is -5.00. The van der Waals surface area contributed by atoms with E-state index in [4.69, 9.17) is 21.1 Å². The molecule has 0 aliphatic heterocycles. The van der Waals surface area contributed by atoms with Crippen LogP contribution in [-0.4, -0.2) is 37.2 Å². The molecule has 0 saturated carbocycles. The number of nitrogens with zero attached hydrogens (tertiary/aromatic N) is 1. The van der Waals surface area contributed by atoms with Crippen LogP contribution in [-0.2, 0) is 25.2 Å². The lowest BCUT2D eigenvalue weighted by molar-refractivity contribution is -0.150. The van der Waals surface area contributed by atoms with Gasteiger partial charge in [-0.05, 0) is 30.3 Å². The van der Waals surface area contributed by atoms with Crippen LogP contribution in [0.15, 0.2) is 36.5 Å². The molecular weight excluding hydrogens is 431 g/mol. The van der Waals surface area contributed by atoms with E-state index in [1.54, 1.807) is 0 Å². The van der Waals surface area contributed by atoms with Crippen molar-refractivity contribution < 1.29 is 41.7 Å². The molecule has 162 valence electrons. The zero-order valence-corrected chi connectivity index (χ0v) is 16.6. The average Bonchev–Trinajstić information content (AvgIpc) is 2.72. The van der Waals surface area contributed by atoms with Gasteiger partial charge in [0.1, 0.15) is 16.5 Å². The van der Waals surface area contributed by atoms with Crippen LogP contribution in [0.1, 0.15) is 18.4 Å². The van der Waals surface area contributed by atoms with Gasteiger partial charge in [0.2, 0.25) is 5.88 Å². The van der Waals surface area contributed by atoms with Crippen LogP contribution in [0.2, 0.25) is 5.02 Å². The number of rotatable bonds is 8. The summed E-state index contributed by atoms with van der Waals surface area (Å²) >= 11 is 5.81. The van der Waals surface area contributed by atoms with Gasteiger partial charge in [0.25, 0.3) is 0 Å². The van der Waals surface area contributed by atoms with Crippen LogP contribution in [0.4, 0.5) is 13.2 Å². The highest BCUT2D eigenvalue weighted by Gasteiger charge is 2.31. The van der Waals surface area contributed by atoms with Gasteiger partial charge in [-0.15, -0.1) is 0 Å². The number of carbonyl (C=O) groups excluding carboxylic acids is 2. The average molecular weight is 448 g/mol. The van der Waals surface area contributed by atoms with Gasteiger partial charge in [0.05, 0.1) is 19.8 Å². The van der Waals surface area contributed by atoms with Crippen molar-refractivity contribution in [3.05, 3.63) is 47.1 Å². The predicted octanol–water partition coefficient (Wildman–Crippen LogP) is 4.42. The van der Waals surface area contributed by atoms with Gasteiger partial charge >= 0.3 is 18.1 Å². The van der Waals surface area contributed by atoms with E-state index >= 15 is 0 Å². The minimum atomic E-state index is -4.57. The lowest BCUT2D eigenvalue weighted by atomic mass is 10.2. The van der Waals surface area contributed by atoms with Crippen LogP contribution < -0.4 is 9.47 Å². The maximum Gasteiger partial charge on any atom is 0.417 e. The van der Waals surface area contributed by atoms with E-state index in [9.17, 15) is 22.8 Å². The fourth-order valence-electron chi connectivity index (χ4n) is 2.22. The number of carbonyl (C=O) groups is 2. The van der Waals surface area contributed by atoms with Crippen molar-refractivity contribution in [2.24, 2.45) is 0 Å². The van der Waals surface area contributed by atoms with Gasteiger partial charge in [-0.1, -0.05) is 11.6 Å². The Morgan fingerprint density at radius 2 is 1.73 bits per heavy atom. The highest BCUT2D eigenvalue weighted by atomic mass is 35.5. The SMILES string of the molecule is COC(=O)CCC(Oc1ccc(Oc2ncc(C(F)(F)F)cc2Cl)cc1)C(=O)OC. The third-order valence-electron chi connectivity index (χ3n) is 3.75. The fraction of sp³-hybridized carbons (Fsp3) is 0.316. The second-order valence-electron chi connectivity index (χ2n) is 5.83. The van der Waals surface area contributed by atoms with E-state index in [0.29, 0.717) is 12.3 Å². The van der Waals surface area contributed by atoms with Crippen LogP contribution in [0.5, 0.6) is 17.4 Å². The van der Waals surface area contributed by atoms with Crippen LogP contribution in [0, 0.1) is 0 Å². The summed E-state index contributed by atoms with van der Waals surface area (Å²) in [4.78, 5) is 26.7. The molecule has 0 bridgehead atoms. The fourth-order valence-corrected chi connectivity index (χ4v) is 2.43. The number of alkyl halides is 3. The number of methoxy groups -OCH3 is 2. The first kappa shape index (κ1) is 23.3. The van der Waals surface area contributed by atoms with Crippen LogP contribution >= 0.6 is 11.6 Å². The Morgan fingerprint density at radius 3 is 2.27 bits per heavy atom. The molecule has 0 amide bonds. The molecule has 1 heterocycles. The zero-order valence-electron chi connectivity index (χ0n) is 15.9. The van der Waals surface area contributed by atoms with Crippen molar-refractivity contribution in [3.63, 3.8) is 0 Å². The number of benzene rings is 1. The molecule has 11 heteroatoms. The number of hydrogen-bond acceptors (Lipinski definition) is 7. The molecule has 1 unspecified atom stereocenters. The van der Waals surface area contributed by atoms with Gasteiger partial charge in [-0.3, -0.25) is 4.79 Å². The first-order valence-electron chi connectivity index (χ1n) is 8.46. The molecule has 0 aliphatic carbocycles.